The van der Waals surface area contributed by atoms with Crippen molar-refractivity contribution in [3.8, 4) is 0 Å². The van der Waals surface area contributed by atoms with E-state index in [1.807, 2.05) is 12.1 Å². The molecule has 3 unspecified atom stereocenters. The van der Waals surface area contributed by atoms with E-state index in [9.17, 15) is 0 Å². The quantitative estimate of drug-likeness (QED) is 0.742. The van der Waals surface area contributed by atoms with E-state index in [4.69, 9.17) is 28.2 Å². The van der Waals surface area contributed by atoms with E-state index < -0.39 is 0 Å². The molecule has 2 fully saturated rings. The molecule has 1 heterocycles. The van der Waals surface area contributed by atoms with Gasteiger partial charge < -0.3 is 4.57 Å². The minimum absolute atomic E-state index is 0.607. The molecule has 2 aliphatic rings. The first-order valence-corrected chi connectivity index (χ1v) is 8.40. The predicted octanol–water partition coefficient (Wildman–Crippen LogP) is 4.83. The van der Waals surface area contributed by atoms with Crippen LogP contribution in [0.3, 0.4) is 0 Å². The van der Waals surface area contributed by atoms with Crippen LogP contribution in [0, 0.1) is 11.8 Å². The number of rotatable bonds is 3. The maximum absolute atomic E-state index is 6.20. The lowest BCUT2D eigenvalue weighted by Crippen LogP contribution is -2.18. The van der Waals surface area contributed by atoms with Crippen LogP contribution in [0.1, 0.15) is 37.5 Å². The van der Waals surface area contributed by atoms with Crippen LogP contribution in [0.5, 0.6) is 0 Å². The molecule has 106 valence electrons. The van der Waals surface area contributed by atoms with E-state index >= 15 is 0 Å². The summed E-state index contributed by atoms with van der Waals surface area (Å²) in [5, 5.41) is 0.791. The molecule has 2 saturated carbocycles. The van der Waals surface area contributed by atoms with Gasteiger partial charge in [-0.05, 0) is 49.3 Å². The van der Waals surface area contributed by atoms with Gasteiger partial charge in [0.2, 0.25) is 0 Å². The third-order valence-electron chi connectivity index (χ3n) is 5.08. The molecule has 4 rings (SSSR count). The number of aryl methyl sites for hydroxylation is 1. The van der Waals surface area contributed by atoms with Gasteiger partial charge in [-0.15, -0.1) is 11.6 Å². The Morgan fingerprint density at radius 2 is 2.15 bits per heavy atom. The molecule has 2 nitrogen and oxygen atoms in total. The largest absolute Gasteiger partial charge is 0.324 e. The lowest BCUT2D eigenvalue weighted by Gasteiger charge is -2.25. The SMILES string of the molecule is ClCCc1nc2ccc(Cl)cc2n1C1CC2CCC1C2. The highest BCUT2D eigenvalue weighted by Crippen LogP contribution is 2.51. The van der Waals surface area contributed by atoms with E-state index in [2.05, 4.69) is 10.6 Å². The number of benzene rings is 1. The molecule has 2 aromatic rings. The van der Waals surface area contributed by atoms with Crippen molar-refractivity contribution in [3.63, 3.8) is 0 Å². The number of halogens is 2. The van der Waals surface area contributed by atoms with Crippen LogP contribution in [-0.2, 0) is 6.42 Å². The van der Waals surface area contributed by atoms with E-state index in [1.165, 1.54) is 31.2 Å². The van der Waals surface area contributed by atoms with E-state index in [-0.39, 0.29) is 0 Å². The van der Waals surface area contributed by atoms with Crippen LogP contribution in [0.2, 0.25) is 5.02 Å². The van der Waals surface area contributed by atoms with Crippen LogP contribution in [-0.4, -0.2) is 15.4 Å². The van der Waals surface area contributed by atoms with E-state index in [1.54, 1.807) is 0 Å². The minimum atomic E-state index is 0.607. The summed E-state index contributed by atoms with van der Waals surface area (Å²) in [6, 6.07) is 6.62. The summed E-state index contributed by atoms with van der Waals surface area (Å²) < 4.78 is 2.45. The molecule has 2 bridgehead atoms. The number of hydrogen-bond donors (Lipinski definition) is 0. The molecule has 4 heteroatoms. The van der Waals surface area contributed by atoms with Crippen molar-refractivity contribution >= 4 is 34.2 Å². The van der Waals surface area contributed by atoms with Gasteiger partial charge in [-0.2, -0.15) is 0 Å². The smallest absolute Gasteiger partial charge is 0.111 e. The van der Waals surface area contributed by atoms with Gasteiger partial charge in [0.15, 0.2) is 0 Å². The Labute approximate surface area is 129 Å². The minimum Gasteiger partial charge on any atom is -0.324 e. The van der Waals surface area contributed by atoms with Gasteiger partial charge in [0.05, 0.1) is 11.0 Å². The van der Waals surface area contributed by atoms with Gasteiger partial charge >= 0.3 is 0 Å². The zero-order valence-corrected chi connectivity index (χ0v) is 12.9. The summed E-state index contributed by atoms with van der Waals surface area (Å²) >= 11 is 12.2. The average Bonchev–Trinajstić information content (AvgIpc) is 3.11. The van der Waals surface area contributed by atoms with Crippen molar-refractivity contribution in [1.29, 1.82) is 0 Å². The topological polar surface area (TPSA) is 17.8 Å². The summed E-state index contributed by atoms with van der Waals surface area (Å²) in [6.07, 6.45) is 6.32. The molecule has 1 aromatic heterocycles. The van der Waals surface area contributed by atoms with Crippen molar-refractivity contribution in [2.24, 2.45) is 11.8 Å². The van der Waals surface area contributed by atoms with E-state index in [0.29, 0.717) is 11.9 Å². The predicted molar refractivity (Wildman–Crippen MR) is 83.7 cm³/mol. The van der Waals surface area contributed by atoms with Crippen molar-refractivity contribution in [2.75, 3.05) is 5.88 Å². The molecule has 0 saturated heterocycles. The van der Waals surface area contributed by atoms with Gasteiger partial charge in [0.25, 0.3) is 0 Å². The molecule has 3 atom stereocenters. The van der Waals surface area contributed by atoms with Gasteiger partial charge in [-0.25, -0.2) is 4.98 Å². The zero-order chi connectivity index (χ0) is 13.7. The second kappa shape index (κ2) is 4.92. The normalized spacial score (nSPS) is 28.6. The number of fused-ring (bicyclic) bond motifs is 3. The van der Waals surface area contributed by atoms with Gasteiger partial charge in [-0.1, -0.05) is 18.0 Å². The summed E-state index contributed by atoms with van der Waals surface area (Å²) in [5.41, 5.74) is 2.24. The molecular weight excluding hydrogens is 291 g/mol. The Kier molecular flexibility index (Phi) is 3.19. The molecular formula is C16H18Cl2N2. The highest BCUT2D eigenvalue weighted by atomic mass is 35.5. The number of imidazole rings is 1. The second-order valence-electron chi connectivity index (χ2n) is 6.21. The number of aromatic nitrogens is 2. The number of nitrogens with zero attached hydrogens (tertiary/aromatic N) is 2. The van der Waals surface area contributed by atoms with Gasteiger partial charge in [0.1, 0.15) is 5.82 Å². The third kappa shape index (κ3) is 1.96. The molecule has 2 aliphatic carbocycles. The monoisotopic (exact) mass is 308 g/mol. The maximum atomic E-state index is 6.20. The summed E-state index contributed by atoms with van der Waals surface area (Å²) in [5.74, 6) is 3.50. The van der Waals surface area contributed by atoms with Gasteiger partial charge in [-0.3, -0.25) is 0 Å². The van der Waals surface area contributed by atoms with Crippen LogP contribution in [0.15, 0.2) is 18.2 Å². The molecule has 20 heavy (non-hydrogen) atoms. The molecule has 0 radical (unpaired) electrons. The van der Waals surface area contributed by atoms with Crippen LogP contribution >= 0.6 is 23.2 Å². The first-order chi connectivity index (χ1) is 9.76. The number of hydrogen-bond acceptors (Lipinski definition) is 1. The molecule has 0 N–H and O–H groups in total. The highest BCUT2D eigenvalue weighted by molar-refractivity contribution is 6.31. The zero-order valence-electron chi connectivity index (χ0n) is 11.4. The fourth-order valence-corrected chi connectivity index (χ4v) is 4.61. The van der Waals surface area contributed by atoms with Crippen LogP contribution in [0.25, 0.3) is 11.0 Å². The average molecular weight is 309 g/mol. The Balaban J connectivity index is 1.86. The standard InChI is InChI=1S/C16H18Cl2N2/c17-6-5-16-19-13-4-3-12(18)9-15(13)20(16)14-8-10-1-2-11(14)7-10/h3-4,9-11,14H,1-2,5-8H2. The highest BCUT2D eigenvalue weighted by Gasteiger charge is 2.41. The third-order valence-corrected chi connectivity index (χ3v) is 5.50. The molecule has 0 aliphatic heterocycles. The molecule has 0 amide bonds. The first kappa shape index (κ1) is 13.0. The molecule has 1 aromatic carbocycles. The Morgan fingerprint density at radius 3 is 2.85 bits per heavy atom. The second-order valence-corrected chi connectivity index (χ2v) is 7.03. The lowest BCUT2D eigenvalue weighted by atomic mass is 9.95. The number of alkyl halides is 1. The fourth-order valence-electron chi connectivity index (χ4n) is 4.27. The van der Waals surface area contributed by atoms with Crippen molar-refractivity contribution in [1.82, 2.24) is 9.55 Å². The van der Waals surface area contributed by atoms with Crippen molar-refractivity contribution in [3.05, 3.63) is 29.0 Å². The van der Waals surface area contributed by atoms with Crippen molar-refractivity contribution in [2.45, 2.75) is 38.1 Å². The van der Waals surface area contributed by atoms with Gasteiger partial charge in [0, 0.05) is 23.4 Å². The Morgan fingerprint density at radius 1 is 1.25 bits per heavy atom. The molecule has 0 spiro atoms. The van der Waals surface area contributed by atoms with E-state index in [0.717, 1.165) is 34.6 Å². The Hall–Kier alpha value is -0.730. The van der Waals surface area contributed by atoms with Crippen LogP contribution < -0.4 is 0 Å². The summed E-state index contributed by atoms with van der Waals surface area (Å²) in [4.78, 5) is 4.79. The summed E-state index contributed by atoms with van der Waals surface area (Å²) in [7, 11) is 0. The maximum Gasteiger partial charge on any atom is 0.111 e. The summed E-state index contributed by atoms with van der Waals surface area (Å²) in [6.45, 7) is 0. The first-order valence-electron chi connectivity index (χ1n) is 7.48. The fraction of sp³-hybridized carbons (Fsp3) is 0.562. The van der Waals surface area contributed by atoms with Crippen LogP contribution in [0.4, 0.5) is 0 Å². The Bertz CT molecular complexity index is 649. The van der Waals surface area contributed by atoms with Crippen molar-refractivity contribution < 1.29 is 0 Å². The lowest BCUT2D eigenvalue weighted by molar-refractivity contribution is 0.329.